The van der Waals surface area contributed by atoms with Crippen LogP contribution < -0.4 is 5.32 Å². The standard InChI is InChI=1S/C15H24N2S/c1-11-8-14(18-12(11)2)9-17-7-3-6-16-15(10-17)13-4-5-13/h8,13,15-16H,3-7,9-10H2,1-2H3. The molecule has 1 aromatic heterocycles. The van der Waals surface area contributed by atoms with Crippen molar-refractivity contribution in [2.75, 3.05) is 19.6 Å². The number of hydrogen-bond donors (Lipinski definition) is 1. The lowest BCUT2D eigenvalue weighted by Crippen LogP contribution is -2.38. The fraction of sp³-hybridized carbons (Fsp3) is 0.733. The van der Waals surface area contributed by atoms with Crippen molar-refractivity contribution >= 4 is 11.3 Å². The van der Waals surface area contributed by atoms with Gasteiger partial charge in [0.15, 0.2) is 0 Å². The predicted octanol–water partition coefficient (Wildman–Crippen LogP) is 2.94. The second kappa shape index (κ2) is 5.32. The van der Waals surface area contributed by atoms with E-state index in [-0.39, 0.29) is 0 Å². The smallest absolute Gasteiger partial charge is 0.0328 e. The van der Waals surface area contributed by atoms with E-state index in [1.165, 1.54) is 49.3 Å². The number of aryl methyl sites for hydroxylation is 2. The van der Waals surface area contributed by atoms with E-state index in [1.807, 2.05) is 11.3 Å². The Bertz CT molecular complexity index is 389. The number of thiophene rings is 1. The number of nitrogens with one attached hydrogen (secondary N) is 1. The lowest BCUT2D eigenvalue weighted by Gasteiger charge is -2.23. The maximum Gasteiger partial charge on any atom is 0.0328 e. The summed E-state index contributed by atoms with van der Waals surface area (Å²) < 4.78 is 0. The van der Waals surface area contributed by atoms with Gasteiger partial charge in [0.1, 0.15) is 0 Å². The van der Waals surface area contributed by atoms with Crippen LogP contribution in [-0.4, -0.2) is 30.6 Å². The van der Waals surface area contributed by atoms with Crippen molar-refractivity contribution in [2.45, 2.75) is 45.7 Å². The molecule has 1 aromatic rings. The molecule has 1 unspecified atom stereocenters. The Morgan fingerprint density at radius 2 is 2.22 bits per heavy atom. The molecule has 2 nitrogen and oxygen atoms in total. The highest BCUT2D eigenvalue weighted by Gasteiger charge is 2.33. The highest BCUT2D eigenvalue weighted by molar-refractivity contribution is 7.12. The molecular weight excluding hydrogens is 240 g/mol. The average Bonchev–Trinajstić information content (AvgIpc) is 3.11. The molecule has 1 aliphatic carbocycles. The molecule has 2 heterocycles. The third kappa shape index (κ3) is 2.95. The van der Waals surface area contributed by atoms with Crippen LogP contribution in [0, 0.1) is 19.8 Å². The second-order valence-electron chi connectivity index (χ2n) is 5.94. The minimum Gasteiger partial charge on any atom is -0.312 e. The first-order valence-corrected chi connectivity index (χ1v) is 8.05. The molecule has 3 heteroatoms. The van der Waals surface area contributed by atoms with Crippen molar-refractivity contribution in [1.29, 1.82) is 0 Å². The van der Waals surface area contributed by atoms with Crippen LogP contribution in [0.15, 0.2) is 6.07 Å². The van der Waals surface area contributed by atoms with E-state index in [4.69, 9.17) is 0 Å². The Morgan fingerprint density at radius 1 is 1.39 bits per heavy atom. The lowest BCUT2D eigenvalue weighted by atomic mass is 10.2. The van der Waals surface area contributed by atoms with Crippen LogP contribution in [0.4, 0.5) is 0 Å². The molecule has 18 heavy (non-hydrogen) atoms. The molecule has 1 saturated heterocycles. The zero-order valence-electron chi connectivity index (χ0n) is 11.5. The highest BCUT2D eigenvalue weighted by atomic mass is 32.1. The Kier molecular flexibility index (Phi) is 3.73. The Hall–Kier alpha value is -0.380. The van der Waals surface area contributed by atoms with Crippen molar-refractivity contribution in [2.24, 2.45) is 5.92 Å². The SMILES string of the molecule is Cc1cc(CN2CCCNC(C3CC3)C2)sc1C. The van der Waals surface area contributed by atoms with Crippen LogP contribution in [0.3, 0.4) is 0 Å². The van der Waals surface area contributed by atoms with E-state index in [0.717, 1.165) is 18.5 Å². The predicted molar refractivity (Wildman–Crippen MR) is 78.2 cm³/mol. The van der Waals surface area contributed by atoms with Crippen LogP contribution >= 0.6 is 11.3 Å². The van der Waals surface area contributed by atoms with Gasteiger partial charge in [-0.1, -0.05) is 0 Å². The van der Waals surface area contributed by atoms with Crippen molar-refractivity contribution in [3.8, 4) is 0 Å². The molecule has 0 amide bonds. The first kappa shape index (κ1) is 12.6. The average molecular weight is 264 g/mol. The molecule has 1 N–H and O–H groups in total. The summed E-state index contributed by atoms with van der Waals surface area (Å²) in [4.78, 5) is 5.69. The molecule has 0 spiro atoms. The molecular formula is C15H24N2S. The number of rotatable bonds is 3. The summed E-state index contributed by atoms with van der Waals surface area (Å²) in [5.41, 5.74) is 1.46. The summed E-state index contributed by atoms with van der Waals surface area (Å²) in [7, 11) is 0. The van der Waals surface area contributed by atoms with Crippen LogP contribution in [-0.2, 0) is 6.54 Å². The fourth-order valence-corrected chi connectivity index (χ4v) is 4.03. The van der Waals surface area contributed by atoms with Crippen LogP contribution in [0.5, 0.6) is 0 Å². The second-order valence-corrected chi connectivity index (χ2v) is 7.28. The fourth-order valence-electron chi connectivity index (χ4n) is 2.93. The Balaban J connectivity index is 1.63. The van der Waals surface area contributed by atoms with Gasteiger partial charge in [-0.25, -0.2) is 0 Å². The van der Waals surface area contributed by atoms with Gasteiger partial charge in [0.05, 0.1) is 0 Å². The van der Waals surface area contributed by atoms with E-state index in [9.17, 15) is 0 Å². The first-order valence-electron chi connectivity index (χ1n) is 7.24. The van der Waals surface area contributed by atoms with Gasteiger partial charge >= 0.3 is 0 Å². The van der Waals surface area contributed by atoms with Gasteiger partial charge in [-0.15, -0.1) is 11.3 Å². The highest BCUT2D eigenvalue weighted by Crippen LogP contribution is 2.34. The summed E-state index contributed by atoms with van der Waals surface area (Å²) in [5.74, 6) is 0.970. The van der Waals surface area contributed by atoms with E-state index in [1.54, 1.807) is 4.88 Å². The van der Waals surface area contributed by atoms with E-state index in [2.05, 4.69) is 30.1 Å². The van der Waals surface area contributed by atoms with Gasteiger partial charge in [-0.3, -0.25) is 4.90 Å². The molecule has 2 aliphatic rings. The minimum atomic E-state index is 0.759. The zero-order chi connectivity index (χ0) is 12.5. The maximum atomic E-state index is 3.74. The molecule has 1 saturated carbocycles. The largest absolute Gasteiger partial charge is 0.312 e. The lowest BCUT2D eigenvalue weighted by molar-refractivity contribution is 0.253. The van der Waals surface area contributed by atoms with Gasteiger partial charge in [0.25, 0.3) is 0 Å². The number of hydrogen-bond acceptors (Lipinski definition) is 3. The molecule has 0 aromatic carbocycles. The van der Waals surface area contributed by atoms with E-state index >= 15 is 0 Å². The molecule has 3 rings (SSSR count). The summed E-state index contributed by atoms with van der Waals surface area (Å²) in [6.45, 7) is 9.34. The third-order valence-electron chi connectivity index (χ3n) is 4.30. The molecule has 1 aliphatic heterocycles. The Labute approximate surface area is 114 Å². The summed E-state index contributed by atoms with van der Waals surface area (Å²) in [6, 6.07) is 3.14. The normalized spacial score (nSPS) is 26.2. The van der Waals surface area contributed by atoms with Crippen LogP contribution in [0.1, 0.15) is 34.6 Å². The van der Waals surface area contributed by atoms with Gasteiger partial charge in [0, 0.05) is 28.9 Å². The van der Waals surface area contributed by atoms with E-state index in [0.29, 0.717) is 0 Å². The molecule has 0 radical (unpaired) electrons. The molecule has 0 bridgehead atoms. The first-order chi connectivity index (χ1) is 8.72. The summed E-state index contributed by atoms with van der Waals surface area (Å²) in [6.07, 6.45) is 4.19. The van der Waals surface area contributed by atoms with Gasteiger partial charge in [-0.05, 0) is 63.7 Å². The molecule has 100 valence electrons. The minimum absolute atomic E-state index is 0.759. The van der Waals surface area contributed by atoms with E-state index < -0.39 is 0 Å². The van der Waals surface area contributed by atoms with Crippen molar-refractivity contribution < 1.29 is 0 Å². The van der Waals surface area contributed by atoms with Gasteiger partial charge < -0.3 is 5.32 Å². The zero-order valence-corrected chi connectivity index (χ0v) is 12.4. The summed E-state index contributed by atoms with van der Waals surface area (Å²) >= 11 is 1.98. The van der Waals surface area contributed by atoms with Crippen LogP contribution in [0.2, 0.25) is 0 Å². The quantitative estimate of drug-likeness (QED) is 0.903. The van der Waals surface area contributed by atoms with Crippen molar-refractivity contribution in [1.82, 2.24) is 10.2 Å². The number of nitrogens with zero attached hydrogens (tertiary/aromatic N) is 1. The van der Waals surface area contributed by atoms with Gasteiger partial charge in [-0.2, -0.15) is 0 Å². The molecule has 1 atom stereocenters. The van der Waals surface area contributed by atoms with Crippen molar-refractivity contribution in [3.05, 3.63) is 21.4 Å². The topological polar surface area (TPSA) is 15.3 Å². The maximum absolute atomic E-state index is 3.74. The Morgan fingerprint density at radius 3 is 2.89 bits per heavy atom. The third-order valence-corrected chi connectivity index (χ3v) is 5.44. The monoisotopic (exact) mass is 264 g/mol. The van der Waals surface area contributed by atoms with Gasteiger partial charge in [0.2, 0.25) is 0 Å². The van der Waals surface area contributed by atoms with Crippen LogP contribution in [0.25, 0.3) is 0 Å². The summed E-state index contributed by atoms with van der Waals surface area (Å²) in [5, 5.41) is 3.74. The van der Waals surface area contributed by atoms with Crippen molar-refractivity contribution in [3.63, 3.8) is 0 Å². The molecule has 2 fully saturated rings.